The summed E-state index contributed by atoms with van der Waals surface area (Å²) in [5, 5.41) is 11.3. The van der Waals surface area contributed by atoms with Crippen LogP contribution < -0.4 is 25.0 Å². The molecule has 0 radical (unpaired) electrons. The van der Waals surface area contributed by atoms with Crippen LogP contribution in [0.2, 0.25) is 0 Å². The lowest BCUT2D eigenvalue weighted by Crippen LogP contribution is -2.48. The average molecular weight is 556 g/mol. The molecule has 2 N–H and O–H groups in total. The molecule has 3 rings (SSSR count). The average Bonchev–Trinajstić information content (AvgIpc) is 3.21. The van der Waals surface area contributed by atoms with Crippen molar-refractivity contribution in [1.82, 2.24) is 20.4 Å². The lowest BCUT2D eigenvalue weighted by Gasteiger charge is -2.34. The Hall–Kier alpha value is -2.17. The van der Waals surface area contributed by atoms with Gasteiger partial charge in [0.05, 0.1) is 20.4 Å². The van der Waals surface area contributed by atoms with E-state index in [1.54, 1.807) is 14.2 Å². The van der Waals surface area contributed by atoms with E-state index in [9.17, 15) is 0 Å². The number of hydrogen-bond acceptors (Lipinski definition) is 5. The minimum Gasteiger partial charge on any atom is -0.497 e. The van der Waals surface area contributed by atoms with Gasteiger partial charge in [0.25, 0.3) is 0 Å². The summed E-state index contributed by atoms with van der Waals surface area (Å²) >= 11 is 0. The van der Waals surface area contributed by atoms with Crippen LogP contribution in [-0.4, -0.2) is 62.2 Å². The third-order valence-corrected chi connectivity index (χ3v) is 5.46. The first-order valence-electron chi connectivity index (χ1n) is 11.1. The van der Waals surface area contributed by atoms with Crippen molar-refractivity contribution in [1.29, 1.82) is 0 Å². The minimum absolute atomic E-state index is 0. The summed E-state index contributed by atoms with van der Waals surface area (Å²) in [5.74, 6) is 2.54. The Kier molecular flexibility index (Phi) is 10.9. The number of benzene rings is 1. The summed E-state index contributed by atoms with van der Waals surface area (Å²) < 4.78 is 12.8. The largest absolute Gasteiger partial charge is 0.497 e. The van der Waals surface area contributed by atoms with Gasteiger partial charge in [-0.2, -0.15) is 5.10 Å². The summed E-state index contributed by atoms with van der Waals surface area (Å²) in [7, 11) is 3.37. The highest BCUT2D eigenvalue weighted by atomic mass is 127. The van der Waals surface area contributed by atoms with Gasteiger partial charge in [0.1, 0.15) is 11.5 Å². The number of hydrogen-bond donors (Lipinski definition) is 2. The Morgan fingerprint density at radius 3 is 2.41 bits per heavy atom. The molecule has 0 unspecified atom stereocenters. The van der Waals surface area contributed by atoms with E-state index >= 15 is 0 Å². The number of halogens is 1. The van der Waals surface area contributed by atoms with E-state index in [-0.39, 0.29) is 24.0 Å². The maximum absolute atomic E-state index is 5.42. The molecule has 32 heavy (non-hydrogen) atoms. The SMILES string of the molecule is CCNC(=NCCCn1cc(C)cn1)NC1CCN(c2cc(OC)cc(OC)c2)CC1.I. The molecular weight excluding hydrogens is 519 g/mol. The molecule has 0 spiro atoms. The first-order valence-corrected chi connectivity index (χ1v) is 11.1. The third-order valence-electron chi connectivity index (χ3n) is 5.46. The summed E-state index contributed by atoms with van der Waals surface area (Å²) in [6.45, 7) is 8.63. The van der Waals surface area contributed by atoms with Crippen LogP contribution in [0.4, 0.5) is 5.69 Å². The van der Waals surface area contributed by atoms with Crippen LogP contribution in [-0.2, 0) is 6.54 Å². The van der Waals surface area contributed by atoms with Crippen molar-refractivity contribution in [2.45, 2.75) is 45.7 Å². The van der Waals surface area contributed by atoms with Gasteiger partial charge in [-0.3, -0.25) is 9.67 Å². The smallest absolute Gasteiger partial charge is 0.191 e. The van der Waals surface area contributed by atoms with Gasteiger partial charge in [0, 0.05) is 68.8 Å². The molecule has 8 nitrogen and oxygen atoms in total. The summed E-state index contributed by atoms with van der Waals surface area (Å²) in [4.78, 5) is 7.15. The van der Waals surface area contributed by atoms with E-state index in [0.717, 1.165) is 75.1 Å². The molecular formula is C23H37IN6O2. The number of guanidine groups is 1. The Morgan fingerprint density at radius 2 is 1.84 bits per heavy atom. The lowest BCUT2D eigenvalue weighted by atomic mass is 10.0. The van der Waals surface area contributed by atoms with Crippen LogP contribution in [0.1, 0.15) is 31.7 Å². The number of nitrogens with one attached hydrogen (secondary N) is 2. The summed E-state index contributed by atoms with van der Waals surface area (Å²) in [5.41, 5.74) is 2.33. The second-order valence-electron chi connectivity index (χ2n) is 7.87. The molecule has 9 heteroatoms. The highest BCUT2D eigenvalue weighted by Gasteiger charge is 2.21. The van der Waals surface area contributed by atoms with Crippen molar-refractivity contribution >= 4 is 35.6 Å². The fourth-order valence-corrected chi connectivity index (χ4v) is 3.78. The zero-order valence-corrected chi connectivity index (χ0v) is 22.0. The Labute approximate surface area is 208 Å². The monoisotopic (exact) mass is 556 g/mol. The fourth-order valence-electron chi connectivity index (χ4n) is 3.78. The number of aryl methyl sites for hydroxylation is 2. The zero-order valence-electron chi connectivity index (χ0n) is 19.6. The maximum Gasteiger partial charge on any atom is 0.191 e. The van der Waals surface area contributed by atoms with Gasteiger partial charge in [-0.05, 0) is 38.7 Å². The fraction of sp³-hybridized carbons (Fsp3) is 0.565. The van der Waals surface area contributed by atoms with Gasteiger partial charge in [-0.1, -0.05) is 0 Å². The Bertz CT molecular complexity index is 827. The molecule has 2 aromatic rings. The molecule has 1 aromatic carbocycles. The van der Waals surface area contributed by atoms with Crippen LogP contribution in [0.15, 0.2) is 35.6 Å². The van der Waals surface area contributed by atoms with Crippen molar-refractivity contribution < 1.29 is 9.47 Å². The molecule has 0 saturated carbocycles. The van der Waals surface area contributed by atoms with Gasteiger partial charge in [-0.25, -0.2) is 0 Å². The van der Waals surface area contributed by atoms with E-state index in [1.807, 2.05) is 16.9 Å². The van der Waals surface area contributed by atoms with E-state index in [2.05, 4.69) is 52.8 Å². The molecule has 0 bridgehead atoms. The van der Waals surface area contributed by atoms with Crippen molar-refractivity contribution in [3.05, 3.63) is 36.2 Å². The first-order chi connectivity index (χ1) is 15.1. The normalized spacial score (nSPS) is 14.6. The maximum atomic E-state index is 5.42. The molecule has 1 fully saturated rings. The molecule has 1 aromatic heterocycles. The second kappa shape index (κ2) is 13.4. The number of anilines is 1. The predicted molar refractivity (Wildman–Crippen MR) is 141 cm³/mol. The van der Waals surface area contributed by atoms with Gasteiger partial charge in [0.15, 0.2) is 5.96 Å². The Morgan fingerprint density at radius 1 is 1.16 bits per heavy atom. The second-order valence-corrected chi connectivity index (χ2v) is 7.87. The first kappa shape index (κ1) is 26.1. The van der Waals surface area contributed by atoms with Gasteiger partial charge >= 0.3 is 0 Å². The van der Waals surface area contributed by atoms with Crippen LogP contribution in [0.25, 0.3) is 0 Å². The third kappa shape index (κ3) is 7.75. The summed E-state index contributed by atoms with van der Waals surface area (Å²) in [6, 6.07) is 6.46. The highest BCUT2D eigenvalue weighted by molar-refractivity contribution is 14.0. The number of rotatable bonds is 9. The predicted octanol–water partition coefficient (Wildman–Crippen LogP) is 3.44. The van der Waals surface area contributed by atoms with Crippen molar-refractivity contribution in [2.75, 3.05) is 45.3 Å². The van der Waals surface area contributed by atoms with Crippen LogP contribution in [0.3, 0.4) is 0 Å². The standard InChI is InChI=1S/C23H36N6O2.HI/c1-5-24-23(25-9-6-10-29-17-18(2)16-26-29)27-19-7-11-28(12-8-19)20-13-21(30-3)15-22(14-20)31-4;/h13-17,19H,5-12H2,1-4H3,(H2,24,25,27);1H. The number of piperidine rings is 1. The molecule has 0 aliphatic carbocycles. The molecule has 2 heterocycles. The molecule has 1 aliphatic heterocycles. The van der Waals surface area contributed by atoms with Crippen LogP contribution >= 0.6 is 24.0 Å². The van der Waals surface area contributed by atoms with E-state index in [1.165, 1.54) is 5.56 Å². The number of nitrogens with zero attached hydrogens (tertiary/aromatic N) is 4. The minimum atomic E-state index is 0. The number of methoxy groups -OCH3 is 2. The number of ether oxygens (including phenoxy) is 2. The zero-order chi connectivity index (χ0) is 22.1. The molecule has 178 valence electrons. The molecule has 0 atom stereocenters. The van der Waals surface area contributed by atoms with Crippen LogP contribution in [0.5, 0.6) is 11.5 Å². The molecule has 1 saturated heterocycles. The summed E-state index contributed by atoms with van der Waals surface area (Å²) in [6.07, 6.45) is 7.03. The van der Waals surface area contributed by atoms with Crippen molar-refractivity contribution in [2.24, 2.45) is 4.99 Å². The molecule has 0 amide bonds. The number of aliphatic imine (C=N–C) groups is 1. The van der Waals surface area contributed by atoms with Crippen LogP contribution in [0, 0.1) is 6.92 Å². The van der Waals surface area contributed by atoms with E-state index in [0.29, 0.717) is 6.04 Å². The lowest BCUT2D eigenvalue weighted by molar-refractivity contribution is 0.393. The van der Waals surface area contributed by atoms with E-state index < -0.39 is 0 Å². The molecule has 1 aliphatic rings. The van der Waals surface area contributed by atoms with E-state index in [4.69, 9.17) is 14.5 Å². The number of aromatic nitrogens is 2. The Balaban J connectivity index is 0.00000363. The van der Waals surface area contributed by atoms with Gasteiger partial charge < -0.3 is 25.0 Å². The van der Waals surface area contributed by atoms with Crippen molar-refractivity contribution in [3.8, 4) is 11.5 Å². The van der Waals surface area contributed by atoms with Gasteiger partial charge in [0.2, 0.25) is 0 Å². The topological polar surface area (TPSA) is 75.9 Å². The van der Waals surface area contributed by atoms with Gasteiger partial charge in [-0.15, -0.1) is 24.0 Å². The quantitative estimate of drug-likeness (QED) is 0.214. The van der Waals surface area contributed by atoms with Crippen molar-refractivity contribution in [3.63, 3.8) is 0 Å². The highest BCUT2D eigenvalue weighted by Crippen LogP contribution is 2.30.